The van der Waals surface area contributed by atoms with E-state index in [4.69, 9.17) is 11.1 Å². The molecule has 1 saturated heterocycles. The Hall–Kier alpha value is -1.55. The van der Waals surface area contributed by atoms with Crippen molar-refractivity contribution in [2.45, 2.75) is 38.6 Å². The smallest absolute Gasteiger partial charge is 0.123 e. The number of hydrogen-bond acceptors (Lipinski definition) is 3. The standard InChI is InChI=1S/C15H23N3O/c1-11-9-12(6-7-14(11)15(16)17)18-8-4-2-3-5-13(18)10-19/h6-7,9,13,19H,2-5,8,10H2,1H3,(H3,16,17). The SMILES string of the molecule is Cc1cc(N2CCCCCC2CO)ccc1C(=N)N. The van der Waals surface area contributed by atoms with Gasteiger partial charge >= 0.3 is 0 Å². The number of nitrogens with two attached hydrogens (primary N) is 1. The number of aliphatic hydroxyl groups is 1. The number of anilines is 1. The van der Waals surface area contributed by atoms with Crippen molar-refractivity contribution in [2.24, 2.45) is 5.73 Å². The molecule has 0 amide bonds. The molecule has 1 atom stereocenters. The summed E-state index contributed by atoms with van der Waals surface area (Å²) < 4.78 is 0. The van der Waals surface area contributed by atoms with Crippen molar-refractivity contribution in [3.8, 4) is 0 Å². The molecular formula is C15H23N3O. The predicted octanol–water partition coefficient (Wildman–Crippen LogP) is 2.02. The van der Waals surface area contributed by atoms with E-state index in [1.807, 2.05) is 19.1 Å². The highest BCUT2D eigenvalue weighted by molar-refractivity contribution is 5.96. The first-order chi connectivity index (χ1) is 9.13. The second kappa shape index (κ2) is 6.06. The van der Waals surface area contributed by atoms with Crippen LogP contribution in [0.2, 0.25) is 0 Å². The molecule has 4 nitrogen and oxygen atoms in total. The molecule has 1 aliphatic heterocycles. The minimum absolute atomic E-state index is 0.110. The molecule has 1 fully saturated rings. The quantitative estimate of drug-likeness (QED) is 0.575. The van der Waals surface area contributed by atoms with Gasteiger partial charge in [0, 0.05) is 17.8 Å². The molecule has 0 aromatic heterocycles. The minimum Gasteiger partial charge on any atom is -0.394 e. The number of nitrogens with one attached hydrogen (secondary N) is 1. The van der Waals surface area contributed by atoms with Gasteiger partial charge in [-0.25, -0.2) is 0 Å². The predicted molar refractivity (Wildman–Crippen MR) is 78.9 cm³/mol. The lowest BCUT2D eigenvalue weighted by Crippen LogP contribution is -2.37. The van der Waals surface area contributed by atoms with E-state index in [0.29, 0.717) is 0 Å². The first kappa shape index (κ1) is 13.9. The van der Waals surface area contributed by atoms with E-state index in [9.17, 15) is 5.11 Å². The lowest BCUT2D eigenvalue weighted by Gasteiger charge is -2.31. The van der Waals surface area contributed by atoms with E-state index in [0.717, 1.165) is 29.8 Å². The van der Waals surface area contributed by atoms with Crippen molar-refractivity contribution in [2.75, 3.05) is 18.1 Å². The maximum Gasteiger partial charge on any atom is 0.123 e. The van der Waals surface area contributed by atoms with E-state index in [2.05, 4.69) is 11.0 Å². The molecule has 1 aromatic rings. The lowest BCUT2D eigenvalue weighted by atomic mass is 10.1. The van der Waals surface area contributed by atoms with Crippen LogP contribution in [0.5, 0.6) is 0 Å². The summed E-state index contributed by atoms with van der Waals surface area (Å²) in [7, 11) is 0. The molecular weight excluding hydrogens is 238 g/mol. The summed E-state index contributed by atoms with van der Waals surface area (Å²) in [5, 5.41) is 17.1. The van der Waals surface area contributed by atoms with Gasteiger partial charge in [0.05, 0.1) is 12.6 Å². The second-order valence-corrected chi connectivity index (χ2v) is 5.29. The third-order valence-corrected chi connectivity index (χ3v) is 3.92. The Kier molecular flexibility index (Phi) is 4.43. The molecule has 1 unspecified atom stereocenters. The van der Waals surface area contributed by atoms with Gasteiger partial charge in [0.25, 0.3) is 0 Å². The third kappa shape index (κ3) is 3.07. The van der Waals surface area contributed by atoms with Crippen LogP contribution in [-0.2, 0) is 0 Å². The number of rotatable bonds is 3. The number of benzene rings is 1. The average Bonchev–Trinajstić information content (AvgIpc) is 2.63. The van der Waals surface area contributed by atoms with E-state index in [1.165, 1.54) is 19.3 Å². The summed E-state index contributed by atoms with van der Waals surface area (Å²) in [5.74, 6) is 0.110. The Morgan fingerprint density at radius 3 is 2.84 bits per heavy atom. The fourth-order valence-electron chi connectivity index (χ4n) is 2.84. The summed E-state index contributed by atoms with van der Waals surface area (Å²) in [5.41, 5.74) is 8.49. The molecule has 0 spiro atoms. The van der Waals surface area contributed by atoms with E-state index in [-0.39, 0.29) is 18.5 Å². The fourth-order valence-corrected chi connectivity index (χ4v) is 2.84. The van der Waals surface area contributed by atoms with Crippen LogP contribution >= 0.6 is 0 Å². The Bertz CT molecular complexity index is 459. The van der Waals surface area contributed by atoms with Crippen LogP contribution in [-0.4, -0.2) is 30.1 Å². The molecule has 104 valence electrons. The topological polar surface area (TPSA) is 73.3 Å². The van der Waals surface area contributed by atoms with Gasteiger partial charge in [0.2, 0.25) is 0 Å². The second-order valence-electron chi connectivity index (χ2n) is 5.29. The summed E-state index contributed by atoms with van der Waals surface area (Å²) in [6.07, 6.45) is 4.64. The molecule has 1 aliphatic rings. The van der Waals surface area contributed by atoms with Crippen molar-refractivity contribution in [3.63, 3.8) is 0 Å². The van der Waals surface area contributed by atoms with Gasteiger partial charge in [-0.3, -0.25) is 5.41 Å². The van der Waals surface area contributed by atoms with Gasteiger partial charge in [-0.2, -0.15) is 0 Å². The monoisotopic (exact) mass is 261 g/mol. The van der Waals surface area contributed by atoms with Gasteiger partial charge < -0.3 is 15.7 Å². The van der Waals surface area contributed by atoms with Gasteiger partial charge in [-0.1, -0.05) is 12.8 Å². The number of nitrogen functional groups attached to an aromatic ring is 1. The van der Waals surface area contributed by atoms with Crippen molar-refractivity contribution in [3.05, 3.63) is 29.3 Å². The Labute approximate surface area is 114 Å². The Balaban J connectivity index is 2.28. The highest BCUT2D eigenvalue weighted by Gasteiger charge is 2.21. The normalized spacial score (nSPS) is 20.1. The van der Waals surface area contributed by atoms with E-state index in [1.54, 1.807) is 0 Å². The van der Waals surface area contributed by atoms with Crippen molar-refractivity contribution >= 4 is 11.5 Å². The van der Waals surface area contributed by atoms with Crippen LogP contribution in [0.15, 0.2) is 18.2 Å². The summed E-state index contributed by atoms with van der Waals surface area (Å²) >= 11 is 0. The third-order valence-electron chi connectivity index (χ3n) is 3.92. The zero-order valence-corrected chi connectivity index (χ0v) is 11.5. The average molecular weight is 261 g/mol. The highest BCUT2D eigenvalue weighted by Crippen LogP contribution is 2.26. The Morgan fingerprint density at radius 2 is 2.21 bits per heavy atom. The number of amidine groups is 1. The van der Waals surface area contributed by atoms with E-state index < -0.39 is 0 Å². The van der Waals surface area contributed by atoms with E-state index >= 15 is 0 Å². The molecule has 0 bridgehead atoms. The van der Waals surface area contributed by atoms with Crippen LogP contribution in [0.1, 0.15) is 36.8 Å². The van der Waals surface area contributed by atoms with Crippen LogP contribution in [0.3, 0.4) is 0 Å². The molecule has 2 rings (SSSR count). The van der Waals surface area contributed by atoms with Gasteiger partial charge in [-0.15, -0.1) is 0 Å². The van der Waals surface area contributed by atoms with Gasteiger partial charge in [-0.05, 0) is 43.5 Å². The molecule has 4 N–H and O–H groups in total. The van der Waals surface area contributed by atoms with Crippen molar-refractivity contribution in [1.29, 1.82) is 5.41 Å². The maximum absolute atomic E-state index is 9.56. The summed E-state index contributed by atoms with van der Waals surface area (Å²) in [6, 6.07) is 6.21. The largest absolute Gasteiger partial charge is 0.394 e. The van der Waals surface area contributed by atoms with Crippen molar-refractivity contribution < 1.29 is 5.11 Å². The minimum atomic E-state index is 0.110. The zero-order chi connectivity index (χ0) is 13.8. The van der Waals surface area contributed by atoms with Crippen molar-refractivity contribution in [1.82, 2.24) is 0 Å². The molecule has 4 heteroatoms. The van der Waals surface area contributed by atoms with Crippen LogP contribution in [0, 0.1) is 12.3 Å². The van der Waals surface area contributed by atoms with Crippen LogP contribution < -0.4 is 10.6 Å². The van der Waals surface area contributed by atoms with Crippen LogP contribution in [0.25, 0.3) is 0 Å². The number of aliphatic hydroxyl groups excluding tert-OH is 1. The van der Waals surface area contributed by atoms with Gasteiger partial charge in [0.1, 0.15) is 5.84 Å². The highest BCUT2D eigenvalue weighted by atomic mass is 16.3. The molecule has 19 heavy (non-hydrogen) atoms. The molecule has 0 aliphatic carbocycles. The lowest BCUT2D eigenvalue weighted by molar-refractivity contribution is 0.255. The van der Waals surface area contributed by atoms with Gasteiger partial charge in [0.15, 0.2) is 0 Å². The summed E-state index contributed by atoms with van der Waals surface area (Å²) in [4.78, 5) is 2.30. The molecule has 0 saturated carbocycles. The molecule has 1 heterocycles. The van der Waals surface area contributed by atoms with Crippen LogP contribution in [0.4, 0.5) is 5.69 Å². The number of hydrogen-bond donors (Lipinski definition) is 3. The fraction of sp³-hybridized carbons (Fsp3) is 0.533. The first-order valence-corrected chi connectivity index (χ1v) is 6.96. The maximum atomic E-state index is 9.56. The molecule has 0 radical (unpaired) electrons. The molecule has 1 aromatic carbocycles. The number of nitrogens with zero attached hydrogens (tertiary/aromatic N) is 1. The first-order valence-electron chi connectivity index (χ1n) is 6.96. The Morgan fingerprint density at radius 1 is 1.42 bits per heavy atom. The number of aryl methyl sites for hydroxylation is 1. The summed E-state index contributed by atoms with van der Waals surface area (Å²) in [6.45, 7) is 3.17. The zero-order valence-electron chi connectivity index (χ0n) is 11.5.